The van der Waals surface area contributed by atoms with Crippen LogP contribution in [0.4, 0.5) is 5.69 Å². The summed E-state index contributed by atoms with van der Waals surface area (Å²) in [5.74, 6) is -0.148. The number of benzene rings is 3. The second kappa shape index (κ2) is 8.20. The smallest absolute Gasteiger partial charge is 0.339 e. The summed E-state index contributed by atoms with van der Waals surface area (Å²) >= 11 is 0. The van der Waals surface area contributed by atoms with Crippen molar-refractivity contribution in [3.63, 3.8) is 0 Å². The summed E-state index contributed by atoms with van der Waals surface area (Å²) in [5, 5.41) is 3.31. The van der Waals surface area contributed by atoms with E-state index in [2.05, 4.69) is 10.3 Å². The van der Waals surface area contributed by atoms with E-state index < -0.39 is 10.1 Å². The van der Waals surface area contributed by atoms with Crippen molar-refractivity contribution < 1.29 is 17.4 Å². The number of hydrogen-bond donors (Lipinski definition) is 1. The molecule has 0 aliphatic heterocycles. The van der Waals surface area contributed by atoms with E-state index in [0.29, 0.717) is 22.2 Å². The van der Waals surface area contributed by atoms with E-state index in [1.165, 1.54) is 18.2 Å². The van der Waals surface area contributed by atoms with Gasteiger partial charge in [-0.15, -0.1) is 0 Å². The van der Waals surface area contributed by atoms with E-state index in [9.17, 15) is 13.2 Å². The van der Waals surface area contributed by atoms with Gasteiger partial charge in [-0.2, -0.15) is 8.42 Å². The van der Waals surface area contributed by atoms with Crippen LogP contribution in [0.25, 0.3) is 10.9 Å². The zero-order valence-corrected chi connectivity index (χ0v) is 17.8. The molecule has 0 fully saturated rings. The third kappa shape index (κ3) is 4.41. The van der Waals surface area contributed by atoms with Crippen LogP contribution in [0.5, 0.6) is 5.75 Å². The molecule has 1 heterocycles. The molecule has 6 nitrogen and oxygen atoms in total. The number of carbonyl (C=O) groups is 1. The topological polar surface area (TPSA) is 85.4 Å². The molecule has 0 aliphatic carbocycles. The fraction of sp³-hybridized carbons (Fsp3) is 0.0833. The van der Waals surface area contributed by atoms with Crippen LogP contribution in [0, 0.1) is 13.8 Å². The Hall–Kier alpha value is -3.71. The van der Waals surface area contributed by atoms with Gasteiger partial charge in [0.1, 0.15) is 4.90 Å². The Bertz CT molecular complexity index is 1360. The van der Waals surface area contributed by atoms with E-state index >= 15 is 0 Å². The lowest BCUT2D eigenvalue weighted by Gasteiger charge is -2.13. The number of amides is 1. The molecule has 0 atom stereocenters. The first kappa shape index (κ1) is 20.6. The van der Waals surface area contributed by atoms with Crippen molar-refractivity contribution in [1.82, 2.24) is 4.98 Å². The zero-order valence-electron chi connectivity index (χ0n) is 17.0. The predicted molar refractivity (Wildman–Crippen MR) is 120 cm³/mol. The molecule has 31 heavy (non-hydrogen) atoms. The maximum absolute atomic E-state index is 12.7. The van der Waals surface area contributed by atoms with E-state index in [0.717, 1.165) is 11.1 Å². The quantitative estimate of drug-likeness (QED) is 0.455. The number of nitrogens with one attached hydrogen (secondary N) is 1. The van der Waals surface area contributed by atoms with Crippen LogP contribution < -0.4 is 9.50 Å². The first-order valence-corrected chi connectivity index (χ1v) is 11.0. The van der Waals surface area contributed by atoms with Crippen molar-refractivity contribution in [3.8, 4) is 5.75 Å². The molecule has 3 aromatic carbocycles. The van der Waals surface area contributed by atoms with Gasteiger partial charge in [-0.05, 0) is 62.4 Å². The molecule has 7 heteroatoms. The molecule has 4 aromatic rings. The number of nitrogens with zero attached hydrogens (tertiary/aromatic N) is 1. The van der Waals surface area contributed by atoms with Gasteiger partial charge >= 0.3 is 10.1 Å². The highest BCUT2D eigenvalue weighted by Gasteiger charge is 2.19. The number of aromatic nitrogens is 1. The lowest BCUT2D eigenvalue weighted by atomic mass is 10.1. The van der Waals surface area contributed by atoms with E-state index in [4.69, 9.17) is 4.18 Å². The van der Waals surface area contributed by atoms with Gasteiger partial charge in [0.2, 0.25) is 0 Å². The Kier molecular flexibility index (Phi) is 5.44. The van der Waals surface area contributed by atoms with Crippen LogP contribution in [0.1, 0.15) is 21.5 Å². The van der Waals surface area contributed by atoms with Crippen LogP contribution in [-0.2, 0) is 10.1 Å². The van der Waals surface area contributed by atoms with Gasteiger partial charge in [0, 0.05) is 17.1 Å². The fourth-order valence-electron chi connectivity index (χ4n) is 3.09. The Morgan fingerprint density at radius 1 is 0.871 bits per heavy atom. The van der Waals surface area contributed by atoms with Crippen molar-refractivity contribution >= 4 is 32.6 Å². The first-order chi connectivity index (χ1) is 14.8. The molecule has 156 valence electrons. The molecule has 0 radical (unpaired) electrons. The average Bonchev–Trinajstić information content (AvgIpc) is 2.76. The standard InChI is InChI=1S/C24H20N2O4S/c1-16-5-9-18(10-6-16)24(27)26-21-13-14-22(20-4-3-15-25-23(20)21)30-31(28,29)19-11-7-17(2)8-12-19/h3-15H,1-2H3,(H,26,27). The highest BCUT2D eigenvalue weighted by Crippen LogP contribution is 2.32. The summed E-state index contributed by atoms with van der Waals surface area (Å²) in [5.41, 5.74) is 3.40. The number of carbonyl (C=O) groups excluding carboxylic acids is 1. The Labute approximate surface area is 180 Å². The predicted octanol–water partition coefficient (Wildman–Crippen LogP) is 4.87. The number of aryl methyl sites for hydroxylation is 2. The van der Waals surface area contributed by atoms with Gasteiger partial charge in [-0.25, -0.2) is 0 Å². The highest BCUT2D eigenvalue weighted by molar-refractivity contribution is 7.87. The van der Waals surface area contributed by atoms with Crippen molar-refractivity contribution in [2.75, 3.05) is 5.32 Å². The molecule has 0 saturated carbocycles. The number of anilines is 1. The van der Waals surface area contributed by atoms with Crippen LogP contribution in [0.2, 0.25) is 0 Å². The second-order valence-corrected chi connectivity index (χ2v) is 8.73. The van der Waals surface area contributed by atoms with Gasteiger partial charge in [0.05, 0.1) is 11.2 Å². The largest absolute Gasteiger partial charge is 0.378 e. The van der Waals surface area contributed by atoms with Gasteiger partial charge in [-0.3, -0.25) is 9.78 Å². The minimum absolute atomic E-state index is 0.0619. The first-order valence-electron chi connectivity index (χ1n) is 9.60. The average molecular weight is 433 g/mol. The minimum Gasteiger partial charge on any atom is -0.378 e. The molecular formula is C24H20N2O4S. The summed E-state index contributed by atoms with van der Waals surface area (Å²) in [6.07, 6.45) is 1.57. The monoisotopic (exact) mass is 432 g/mol. The maximum atomic E-state index is 12.7. The van der Waals surface area contributed by atoms with Crippen LogP contribution >= 0.6 is 0 Å². The summed E-state index contributed by atoms with van der Waals surface area (Å²) in [7, 11) is -4.02. The van der Waals surface area contributed by atoms with Crippen molar-refractivity contribution in [2.45, 2.75) is 18.7 Å². The molecule has 4 rings (SSSR count). The summed E-state index contributed by atoms with van der Waals surface area (Å²) in [6.45, 7) is 3.82. The third-order valence-electron chi connectivity index (χ3n) is 4.80. The Morgan fingerprint density at radius 2 is 1.52 bits per heavy atom. The molecule has 1 N–H and O–H groups in total. The number of hydrogen-bond acceptors (Lipinski definition) is 5. The van der Waals surface area contributed by atoms with E-state index in [1.807, 2.05) is 26.0 Å². The summed E-state index contributed by atoms with van der Waals surface area (Å²) < 4.78 is 30.9. The van der Waals surface area contributed by atoms with E-state index in [-0.39, 0.29) is 16.6 Å². The van der Waals surface area contributed by atoms with Gasteiger partial charge in [0.15, 0.2) is 5.75 Å². The van der Waals surface area contributed by atoms with E-state index in [1.54, 1.807) is 48.7 Å². The SMILES string of the molecule is Cc1ccc(C(=O)Nc2ccc(OS(=O)(=O)c3ccc(C)cc3)c3cccnc23)cc1. The Balaban J connectivity index is 1.67. The van der Waals surface area contributed by atoms with Crippen LogP contribution in [0.3, 0.4) is 0 Å². The summed E-state index contributed by atoms with van der Waals surface area (Å²) in [6, 6.07) is 20.1. The molecule has 0 bridgehead atoms. The van der Waals surface area contributed by atoms with Crippen LogP contribution in [0.15, 0.2) is 83.9 Å². The molecule has 1 aromatic heterocycles. The van der Waals surface area contributed by atoms with Crippen molar-refractivity contribution in [1.29, 1.82) is 0 Å². The van der Waals surface area contributed by atoms with Crippen molar-refractivity contribution in [3.05, 3.63) is 95.7 Å². The molecule has 0 saturated heterocycles. The van der Waals surface area contributed by atoms with Gasteiger partial charge < -0.3 is 9.50 Å². The molecular weight excluding hydrogens is 412 g/mol. The lowest BCUT2D eigenvalue weighted by Crippen LogP contribution is -2.13. The zero-order chi connectivity index (χ0) is 22.0. The molecule has 1 amide bonds. The maximum Gasteiger partial charge on any atom is 0.339 e. The third-order valence-corrected chi connectivity index (χ3v) is 6.05. The molecule has 0 aliphatic rings. The second-order valence-electron chi connectivity index (χ2n) is 7.18. The number of fused-ring (bicyclic) bond motifs is 1. The summed E-state index contributed by atoms with van der Waals surface area (Å²) in [4.78, 5) is 17.0. The molecule has 0 unspecified atom stereocenters. The van der Waals surface area contributed by atoms with Crippen molar-refractivity contribution in [2.24, 2.45) is 0 Å². The number of pyridine rings is 1. The minimum atomic E-state index is -4.02. The van der Waals surface area contributed by atoms with Crippen LogP contribution in [-0.4, -0.2) is 19.3 Å². The van der Waals surface area contributed by atoms with Gasteiger partial charge in [0.25, 0.3) is 5.91 Å². The molecule has 0 spiro atoms. The fourth-order valence-corrected chi connectivity index (χ4v) is 4.04. The Morgan fingerprint density at radius 3 is 2.19 bits per heavy atom. The normalized spacial score (nSPS) is 11.3. The lowest BCUT2D eigenvalue weighted by molar-refractivity contribution is 0.102. The van der Waals surface area contributed by atoms with Gasteiger partial charge in [-0.1, -0.05) is 35.4 Å². The highest BCUT2D eigenvalue weighted by atomic mass is 32.2. The number of rotatable bonds is 5.